The molecular formula is C6H11NO2. The molecule has 0 atom stereocenters. The molecule has 0 aliphatic carbocycles. The Morgan fingerprint density at radius 2 is 2.33 bits per heavy atom. The number of hydrogen-bond donors (Lipinski definition) is 1. The summed E-state index contributed by atoms with van der Waals surface area (Å²) in [5.74, 6) is -0.181. The molecule has 1 N–H and O–H groups in total. The van der Waals surface area contributed by atoms with E-state index < -0.39 is 0 Å². The maximum atomic E-state index is 10.7. The molecule has 0 saturated carbocycles. The third-order valence-corrected chi connectivity index (χ3v) is 0.898. The van der Waals surface area contributed by atoms with Crippen molar-refractivity contribution < 1.29 is 9.90 Å². The quantitative estimate of drug-likeness (QED) is 0.420. The van der Waals surface area contributed by atoms with Crippen molar-refractivity contribution in [2.75, 3.05) is 13.8 Å². The van der Waals surface area contributed by atoms with Crippen LogP contribution < -0.4 is 0 Å². The molecule has 52 valence electrons. The summed E-state index contributed by atoms with van der Waals surface area (Å²) in [5, 5.41) is 8.40. The number of carbonyl (C=O) groups is 1. The minimum absolute atomic E-state index is 0.181. The summed E-state index contributed by atoms with van der Waals surface area (Å²) >= 11 is 0. The third kappa shape index (κ3) is 2.87. The van der Waals surface area contributed by atoms with Gasteiger partial charge in [-0.15, -0.1) is 0 Å². The maximum Gasteiger partial charge on any atom is 0.247 e. The Bertz CT molecular complexity index is 120. The Kier molecular flexibility index (Phi) is 3.71. The second-order valence-electron chi connectivity index (χ2n) is 1.68. The average molecular weight is 129 g/mol. The monoisotopic (exact) mass is 129 g/mol. The maximum absolute atomic E-state index is 10.7. The lowest BCUT2D eigenvalue weighted by Gasteiger charge is -2.08. The second-order valence-corrected chi connectivity index (χ2v) is 1.68. The molecule has 3 heteroatoms. The number of nitrogens with zero attached hydrogens (tertiary/aromatic N) is 1. The van der Waals surface area contributed by atoms with E-state index in [2.05, 4.69) is 0 Å². The number of aliphatic hydroxyl groups is 1. The van der Waals surface area contributed by atoms with E-state index in [9.17, 15) is 4.79 Å². The van der Waals surface area contributed by atoms with Gasteiger partial charge in [0.2, 0.25) is 5.91 Å². The van der Waals surface area contributed by atoms with Crippen LogP contribution in [-0.4, -0.2) is 29.7 Å². The van der Waals surface area contributed by atoms with Crippen LogP contribution in [0.25, 0.3) is 0 Å². The van der Waals surface area contributed by atoms with Crippen molar-refractivity contribution in [3.8, 4) is 0 Å². The van der Waals surface area contributed by atoms with Crippen molar-refractivity contribution in [3.05, 3.63) is 12.2 Å². The Hall–Kier alpha value is -0.830. The van der Waals surface area contributed by atoms with Gasteiger partial charge in [0.1, 0.15) is 6.73 Å². The van der Waals surface area contributed by atoms with Gasteiger partial charge in [-0.3, -0.25) is 4.79 Å². The van der Waals surface area contributed by atoms with E-state index in [0.717, 1.165) is 0 Å². The molecule has 0 saturated heterocycles. The first-order valence-corrected chi connectivity index (χ1v) is 2.71. The highest BCUT2D eigenvalue weighted by Crippen LogP contribution is 1.82. The first-order chi connectivity index (χ1) is 4.22. The minimum Gasteiger partial charge on any atom is -0.376 e. The topological polar surface area (TPSA) is 40.5 Å². The van der Waals surface area contributed by atoms with Crippen molar-refractivity contribution in [3.63, 3.8) is 0 Å². The van der Waals surface area contributed by atoms with Crippen LogP contribution in [0.15, 0.2) is 12.2 Å². The molecule has 0 aromatic rings. The molecule has 3 nitrogen and oxygen atoms in total. The first kappa shape index (κ1) is 8.17. The van der Waals surface area contributed by atoms with E-state index in [1.165, 1.54) is 18.0 Å². The van der Waals surface area contributed by atoms with E-state index in [1.54, 1.807) is 13.0 Å². The summed E-state index contributed by atoms with van der Waals surface area (Å²) in [6, 6.07) is 0. The number of aliphatic hydroxyl groups excluding tert-OH is 1. The first-order valence-electron chi connectivity index (χ1n) is 2.71. The van der Waals surface area contributed by atoms with Crippen molar-refractivity contribution in [2.45, 2.75) is 6.92 Å². The van der Waals surface area contributed by atoms with Crippen LogP contribution in [0.4, 0.5) is 0 Å². The van der Waals surface area contributed by atoms with Gasteiger partial charge in [0.25, 0.3) is 0 Å². The van der Waals surface area contributed by atoms with Crippen LogP contribution in [0.3, 0.4) is 0 Å². The number of rotatable bonds is 2. The number of carbonyl (C=O) groups excluding carboxylic acids is 1. The van der Waals surface area contributed by atoms with Crippen LogP contribution in [-0.2, 0) is 4.79 Å². The highest BCUT2D eigenvalue weighted by Gasteiger charge is 1.99. The molecule has 9 heavy (non-hydrogen) atoms. The lowest BCUT2D eigenvalue weighted by Crippen LogP contribution is -2.25. The van der Waals surface area contributed by atoms with E-state index >= 15 is 0 Å². The predicted octanol–water partition coefficient (Wildman–Crippen LogP) is -0.0293. The zero-order valence-electron chi connectivity index (χ0n) is 5.66. The number of amides is 1. The molecule has 0 rings (SSSR count). The molecule has 0 aliphatic rings. The zero-order chi connectivity index (χ0) is 7.28. The smallest absolute Gasteiger partial charge is 0.247 e. The molecule has 0 unspecified atom stereocenters. The van der Waals surface area contributed by atoms with E-state index in [0.29, 0.717) is 0 Å². The fourth-order valence-electron chi connectivity index (χ4n) is 0.340. The number of hydrogen-bond acceptors (Lipinski definition) is 2. The number of likely N-dealkylation sites (N-methyl/N-ethyl adjacent to an activating group) is 1. The fourth-order valence-corrected chi connectivity index (χ4v) is 0.340. The molecule has 0 fully saturated rings. The lowest BCUT2D eigenvalue weighted by molar-refractivity contribution is -0.127. The SMILES string of the molecule is C/C=C/C(=O)N(C)CO. The van der Waals surface area contributed by atoms with Gasteiger partial charge in [-0.25, -0.2) is 0 Å². The summed E-state index contributed by atoms with van der Waals surface area (Å²) in [7, 11) is 1.53. The molecular weight excluding hydrogens is 118 g/mol. The molecule has 0 aromatic heterocycles. The van der Waals surface area contributed by atoms with Gasteiger partial charge in [-0.2, -0.15) is 0 Å². The Balaban J connectivity index is 3.73. The van der Waals surface area contributed by atoms with Crippen molar-refractivity contribution >= 4 is 5.91 Å². The van der Waals surface area contributed by atoms with E-state index in [1.807, 2.05) is 0 Å². The highest BCUT2D eigenvalue weighted by atomic mass is 16.3. The Morgan fingerprint density at radius 1 is 1.78 bits per heavy atom. The minimum atomic E-state index is -0.233. The van der Waals surface area contributed by atoms with Crippen molar-refractivity contribution in [1.29, 1.82) is 0 Å². The van der Waals surface area contributed by atoms with Crippen LogP contribution in [0.5, 0.6) is 0 Å². The zero-order valence-corrected chi connectivity index (χ0v) is 5.66. The molecule has 0 aromatic carbocycles. The number of allylic oxidation sites excluding steroid dienone is 1. The van der Waals surface area contributed by atoms with Gasteiger partial charge < -0.3 is 10.0 Å². The summed E-state index contributed by atoms with van der Waals surface area (Å²) in [6.45, 7) is 1.52. The van der Waals surface area contributed by atoms with Gasteiger partial charge in [0.15, 0.2) is 0 Å². The third-order valence-electron chi connectivity index (χ3n) is 0.898. The van der Waals surface area contributed by atoms with E-state index in [-0.39, 0.29) is 12.6 Å². The summed E-state index contributed by atoms with van der Waals surface area (Å²) in [6.07, 6.45) is 3.03. The van der Waals surface area contributed by atoms with Crippen molar-refractivity contribution in [1.82, 2.24) is 4.90 Å². The van der Waals surface area contributed by atoms with Gasteiger partial charge in [-0.05, 0) is 13.0 Å². The normalized spacial score (nSPS) is 10.1. The summed E-state index contributed by atoms with van der Waals surface area (Å²) in [4.78, 5) is 11.9. The average Bonchev–Trinajstić information content (AvgIpc) is 1.87. The van der Waals surface area contributed by atoms with Gasteiger partial charge in [-0.1, -0.05) is 6.08 Å². The van der Waals surface area contributed by atoms with Crippen molar-refractivity contribution in [2.24, 2.45) is 0 Å². The predicted molar refractivity (Wildman–Crippen MR) is 34.7 cm³/mol. The molecule has 0 radical (unpaired) electrons. The van der Waals surface area contributed by atoms with Crippen LogP contribution in [0.2, 0.25) is 0 Å². The summed E-state index contributed by atoms with van der Waals surface area (Å²) in [5.41, 5.74) is 0. The van der Waals surface area contributed by atoms with Gasteiger partial charge >= 0.3 is 0 Å². The van der Waals surface area contributed by atoms with Crippen LogP contribution in [0, 0.1) is 0 Å². The van der Waals surface area contributed by atoms with Crippen LogP contribution >= 0.6 is 0 Å². The standard InChI is InChI=1S/C6H11NO2/c1-3-4-6(9)7(2)5-8/h3-4,8H,5H2,1-2H3/b4-3+. The Morgan fingerprint density at radius 3 is 2.67 bits per heavy atom. The van der Waals surface area contributed by atoms with Gasteiger partial charge in [0.05, 0.1) is 0 Å². The molecule has 1 amide bonds. The molecule has 0 heterocycles. The molecule has 0 bridgehead atoms. The lowest BCUT2D eigenvalue weighted by atomic mass is 10.5. The van der Waals surface area contributed by atoms with Crippen LogP contribution in [0.1, 0.15) is 6.92 Å². The highest BCUT2D eigenvalue weighted by molar-refractivity contribution is 5.87. The molecule has 0 aliphatic heterocycles. The Labute approximate surface area is 54.6 Å². The molecule has 0 spiro atoms. The van der Waals surface area contributed by atoms with E-state index in [4.69, 9.17) is 5.11 Å². The van der Waals surface area contributed by atoms with Gasteiger partial charge in [0, 0.05) is 7.05 Å². The largest absolute Gasteiger partial charge is 0.376 e. The fraction of sp³-hybridized carbons (Fsp3) is 0.500. The summed E-state index contributed by atoms with van der Waals surface area (Å²) < 4.78 is 0. The second kappa shape index (κ2) is 4.09.